The zero-order chi connectivity index (χ0) is 11.3. The molecule has 1 aromatic carbocycles. The number of halogens is 2. The summed E-state index contributed by atoms with van der Waals surface area (Å²) in [6.07, 6.45) is 0. The fraction of sp³-hybridized carbons (Fsp3) is 0.333. The van der Waals surface area contributed by atoms with E-state index in [1.807, 2.05) is 31.2 Å². The van der Waals surface area contributed by atoms with Crippen molar-refractivity contribution in [1.29, 1.82) is 0 Å². The molecule has 1 N–H and O–H groups in total. The van der Waals surface area contributed by atoms with Crippen LogP contribution in [0, 0.1) is 0 Å². The van der Waals surface area contributed by atoms with Crippen molar-refractivity contribution >= 4 is 23.2 Å². The largest absolute Gasteiger partial charge is 0.306 e. The quantitative estimate of drug-likeness (QED) is 0.839. The van der Waals surface area contributed by atoms with Crippen molar-refractivity contribution in [3.05, 3.63) is 46.0 Å². The van der Waals surface area contributed by atoms with E-state index < -0.39 is 0 Å². The summed E-state index contributed by atoms with van der Waals surface area (Å²) >= 11 is 11.7. The molecule has 0 amide bonds. The van der Waals surface area contributed by atoms with E-state index in [0.29, 0.717) is 0 Å². The molecule has 0 saturated carbocycles. The predicted molar refractivity (Wildman–Crippen MR) is 67.5 cm³/mol. The van der Waals surface area contributed by atoms with Gasteiger partial charge >= 0.3 is 0 Å². The van der Waals surface area contributed by atoms with Gasteiger partial charge in [0.1, 0.15) is 0 Å². The minimum Gasteiger partial charge on any atom is -0.306 e. The van der Waals surface area contributed by atoms with Crippen molar-refractivity contribution in [3.63, 3.8) is 0 Å². The van der Waals surface area contributed by atoms with Crippen LogP contribution >= 0.6 is 23.2 Å². The standard InChI is InChI=1S/C12H15Cl2N/c1-9(7-13)8-15-10(2)11-5-3-4-6-12(11)14/h3-7,10,15H,8H2,1-2H3/b9-7+/t10-/m1/s1. The molecule has 0 saturated heterocycles. The van der Waals surface area contributed by atoms with E-state index in [4.69, 9.17) is 23.2 Å². The number of nitrogens with one attached hydrogen (secondary N) is 1. The van der Waals surface area contributed by atoms with Crippen molar-refractivity contribution in [3.8, 4) is 0 Å². The van der Waals surface area contributed by atoms with Gasteiger partial charge in [-0.15, -0.1) is 0 Å². The Labute approximate surface area is 101 Å². The first-order chi connectivity index (χ1) is 7.15. The third-order valence-corrected chi connectivity index (χ3v) is 2.96. The first-order valence-electron chi connectivity index (χ1n) is 4.89. The van der Waals surface area contributed by atoms with Gasteiger partial charge in [-0.05, 0) is 31.1 Å². The summed E-state index contributed by atoms with van der Waals surface area (Å²) < 4.78 is 0. The second-order valence-electron chi connectivity index (χ2n) is 3.58. The Morgan fingerprint density at radius 1 is 1.47 bits per heavy atom. The fourth-order valence-electron chi connectivity index (χ4n) is 1.29. The Morgan fingerprint density at radius 3 is 2.73 bits per heavy atom. The summed E-state index contributed by atoms with van der Waals surface area (Å²) in [6, 6.07) is 8.08. The van der Waals surface area contributed by atoms with Gasteiger partial charge in [0.15, 0.2) is 0 Å². The van der Waals surface area contributed by atoms with Gasteiger partial charge in [0.2, 0.25) is 0 Å². The maximum absolute atomic E-state index is 6.09. The van der Waals surface area contributed by atoms with E-state index in [1.54, 1.807) is 5.54 Å². The van der Waals surface area contributed by atoms with Gasteiger partial charge < -0.3 is 5.32 Å². The lowest BCUT2D eigenvalue weighted by Crippen LogP contribution is -2.20. The average Bonchev–Trinajstić information content (AvgIpc) is 2.26. The van der Waals surface area contributed by atoms with Gasteiger partial charge in [0, 0.05) is 23.1 Å². The monoisotopic (exact) mass is 243 g/mol. The predicted octanol–water partition coefficient (Wildman–Crippen LogP) is 4.13. The van der Waals surface area contributed by atoms with Gasteiger partial charge in [-0.3, -0.25) is 0 Å². The summed E-state index contributed by atoms with van der Waals surface area (Å²) in [6.45, 7) is 4.85. The molecule has 0 spiro atoms. The van der Waals surface area contributed by atoms with Crippen molar-refractivity contribution in [2.75, 3.05) is 6.54 Å². The minimum atomic E-state index is 0.227. The molecule has 1 nitrogen and oxygen atoms in total. The summed E-state index contributed by atoms with van der Waals surface area (Å²) in [7, 11) is 0. The second-order valence-corrected chi connectivity index (χ2v) is 4.20. The molecule has 0 aliphatic rings. The van der Waals surface area contributed by atoms with E-state index in [-0.39, 0.29) is 6.04 Å². The zero-order valence-electron chi connectivity index (χ0n) is 8.93. The maximum Gasteiger partial charge on any atom is 0.0453 e. The lowest BCUT2D eigenvalue weighted by Gasteiger charge is -2.15. The summed E-state index contributed by atoms with van der Waals surface area (Å²) in [5.41, 5.74) is 3.81. The van der Waals surface area contributed by atoms with Crippen LogP contribution in [0.2, 0.25) is 5.02 Å². The summed E-state index contributed by atoms with van der Waals surface area (Å²) in [4.78, 5) is 0. The van der Waals surface area contributed by atoms with Gasteiger partial charge in [0.25, 0.3) is 0 Å². The molecule has 15 heavy (non-hydrogen) atoms. The summed E-state index contributed by atoms with van der Waals surface area (Å²) in [5, 5.41) is 4.15. The Balaban J connectivity index is 2.61. The Bertz CT molecular complexity index is 347. The topological polar surface area (TPSA) is 12.0 Å². The molecule has 1 atom stereocenters. The van der Waals surface area contributed by atoms with Crippen LogP contribution in [0.3, 0.4) is 0 Å². The average molecular weight is 244 g/mol. The number of rotatable bonds is 4. The first kappa shape index (κ1) is 12.6. The zero-order valence-corrected chi connectivity index (χ0v) is 10.4. The molecule has 0 radical (unpaired) electrons. The van der Waals surface area contributed by atoms with Gasteiger partial charge in [-0.1, -0.05) is 41.4 Å². The first-order valence-corrected chi connectivity index (χ1v) is 5.70. The van der Waals surface area contributed by atoms with Gasteiger partial charge in [-0.2, -0.15) is 0 Å². The van der Waals surface area contributed by atoms with Crippen LogP contribution < -0.4 is 5.32 Å². The van der Waals surface area contributed by atoms with E-state index in [9.17, 15) is 0 Å². The number of hydrogen-bond acceptors (Lipinski definition) is 1. The Hall–Kier alpha value is -0.500. The molecule has 0 aliphatic heterocycles. The molecule has 0 aromatic heterocycles. The Kier molecular flexibility index (Phi) is 5.16. The highest BCUT2D eigenvalue weighted by atomic mass is 35.5. The van der Waals surface area contributed by atoms with Crippen molar-refractivity contribution in [2.24, 2.45) is 0 Å². The van der Waals surface area contributed by atoms with Crippen LogP contribution in [0.15, 0.2) is 35.4 Å². The Morgan fingerprint density at radius 2 is 2.13 bits per heavy atom. The van der Waals surface area contributed by atoms with Gasteiger partial charge in [0.05, 0.1) is 0 Å². The molecule has 0 heterocycles. The highest BCUT2D eigenvalue weighted by Gasteiger charge is 2.07. The molecular formula is C12H15Cl2N. The smallest absolute Gasteiger partial charge is 0.0453 e. The molecule has 0 bridgehead atoms. The molecule has 1 rings (SSSR count). The third kappa shape index (κ3) is 3.86. The van der Waals surface area contributed by atoms with Crippen LogP contribution in [0.5, 0.6) is 0 Å². The van der Waals surface area contributed by atoms with Gasteiger partial charge in [-0.25, -0.2) is 0 Å². The van der Waals surface area contributed by atoms with E-state index in [0.717, 1.165) is 22.7 Å². The van der Waals surface area contributed by atoms with E-state index >= 15 is 0 Å². The molecular weight excluding hydrogens is 229 g/mol. The lowest BCUT2D eigenvalue weighted by molar-refractivity contribution is 0.607. The van der Waals surface area contributed by atoms with Crippen molar-refractivity contribution in [1.82, 2.24) is 5.32 Å². The minimum absolute atomic E-state index is 0.227. The number of hydrogen-bond donors (Lipinski definition) is 1. The highest BCUT2D eigenvalue weighted by molar-refractivity contribution is 6.31. The van der Waals surface area contributed by atoms with Crippen molar-refractivity contribution in [2.45, 2.75) is 19.9 Å². The SMILES string of the molecule is C/C(=C\Cl)CN[C@H](C)c1ccccc1Cl. The molecule has 1 aromatic rings. The molecule has 0 fully saturated rings. The van der Waals surface area contributed by atoms with Crippen LogP contribution in [-0.4, -0.2) is 6.54 Å². The fourth-order valence-corrected chi connectivity index (χ4v) is 1.67. The highest BCUT2D eigenvalue weighted by Crippen LogP contribution is 2.22. The molecule has 0 aliphatic carbocycles. The summed E-state index contributed by atoms with van der Waals surface area (Å²) in [5.74, 6) is 0. The van der Waals surface area contributed by atoms with E-state index in [1.165, 1.54) is 0 Å². The number of benzene rings is 1. The van der Waals surface area contributed by atoms with Crippen molar-refractivity contribution < 1.29 is 0 Å². The molecule has 82 valence electrons. The van der Waals surface area contributed by atoms with Crippen LogP contribution in [0.25, 0.3) is 0 Å². The van der Waals surface area contributed by atoms with Crippen LogP contribution in [0.4, 0.5) is 0 Å². The van der Waals surface area contributed by atoms with Crippen LogP contribution in [-0.2, 0) is 0 Å². The van der Waals surface area contributed by atoms with E-state index in [2.05, 4.69) is 12.2 Å². The van der Waals surface area contributed by atoms with Crippen LogP contribution in [0.1, 0.15) is 25.5 Å². The molecule has 3 heteroatoms. The normalized spacial score (nSPS) is 14.0. The maximum atomic E-state index is 6.09. The second kappa shape index (κ2) is 6.16. The lowest BCUT2D eigenvalue weighted by atomic mass is 10.1. The third-order valence-electron chi connectivity index (χ3n) is 2.25. The molecule has 0 unspecified atom stereocenters.